The highest BCUT2D eigenvalue weighted by molar-refractivity contribution is 5.47. The Morgan fingerprint density at radius 1 is 1.25 bits per heavy atom. The second kappa shape index (κ2) is 4.44. The molecule has 0 amide bonds. The lowest BCUT2D eigenvalue weighted by Crippen LogP contribution is -2.47. The summed E-state index contributed by atoms with van der Waals surface area (Å²) in [7, 11) is 4.07. The van der Waals surface area contributed by atoms with Gasteiger partial charge < -0.3 is 14.7 Å². The quantitative estimate of drug-likeness (QED) is 0.834. The zero-order valence-corrected chi connectivity index (χ0v) is 9.94. The molecule has 0 bridgehead atoms. The highest BCUT2D eigenvalue weighted by atomic mass is 16.5. The average molecular weight is 221 g/mol. The molecule has 0 saturated carbocycles. The van der Waals surface area contributed by atoms with Crippen molar-refractivity contribution in [1.29, 1.82) is 0 Å². The van der Waals surface area contributed by atoms with Crippen molar-refractivity contribution in [2.75, 3.05) is 38.8 Å². The lowest BCUT2D eigenvalue weighted by atomic mass is 9.76. The Bertz CT molecular complexity index is 341. The zero-order chi connectivity index (χ0) is 11.6. The van der Waals surface area contributed by atoms with Gasteiger partial charge in [0.15, 0.2) is 0 Å². The van der Waals surface area contributed by atoms with Crippen molar-refractivity contribution in [1.82, 2.24) is 0 Å². The third kappa shape index (κ3) is 1.93. The summed E-state index contributed by atoms with van der Waals surface area (Å²) in [5.74, 6) is 0. The van der Waals surface area contributed by atoms with Crippen molar-refractivity contribution in [3.8, 4) is 0 Å². The van der Waals surface area contributed by atoms with Crippen LogP contribution in [0.5, 0.6) is 0 Å². The Morgan fingerprint density at radius 2 is 1.88 bits per heavy atom. The van der Waals surface area contributed by atoms with Crippen LogP contribution in [0, 0.1) is 0 Å². The lowest BCUT2D eigenvalue weighted by molar-refractivity contribution is -0.0700. The van der Waals surface area contributed by atoms with Gasteiger partial charge in [-0.3, -0.25) is 0 Å². The Balaban J connectivity index is 2.20. The minimum atomic E-state index is 0.0552. The summed E-state index contributed by atoms with van der Waals surface area (Å²) >= 11 is 0. The number of aliphatic hydroxyl groups is 1. The minimum Gasteiger partial charge on any atom is -0.396 e. The number of nitrogens with zero attached hydrogens (tertiary/aromatic N) is 1. The first-order valence-corrected chi connectivity index (χ1v) is 5.64. The SMILES string of the molecule is CN(C)c1ccc(C2(CCO)COC2)cc1. The van der Waals surface area contributed by atoms with Crippen LogP contribution < -0.4 is 4.90 Å². The van der Waals surface area contributed by atoms with Gasteiger partial charge in [0.25, 0.3) is 0 Å². The summed E-state index contributed by atoms with van der Waals surface area (Å²) in [6.07, 6.45) is 0.786. The van der Waals surface area contributed by atoms with E-state index in [2.05, 4.69) is 29.2 Å². The molecule has 2 rings (SSSR count). The van der Waals surface area contributed by atoms with E-state index in [0.29, 0.717) is 0 Å². The van der Waals surface area contributed by atoms with Gasteiger partial charge in [-0.25, -0.2) is 0 Å². The lowest BCUT2D eigenvalue weighted by Gasteiger charge is -2.41. The van der Waals surface area contributed by atoms with Crippen molar-refractivity contribution < 1.29 is 9.84 Å². The fourth-order valence-electron chi connectivity index (χ4n) is 2.13. The summed E-state index contributed by atoms with van der Waals surface area (Å²) in [5, 5.41) is 9.11. The van der Waals surface area contributed by atoms with E-state index in [1.807, 2.05) is 14.1 Å². The molecule has 1 saturated heterocycles. The second-order valence-electron chi connectivity index (χ2n) is 4.69. The van der Waals surface area contributed by atoms with Gasteiger partial charge in [0.05, 0.1) is 13.2 Å². The fourth-order valence-corrected chi connectivity index (χ4v) is 2.13. The molecule has 1 heterocycles. The molecule has 3 heteroatoms. The van der Waals surface area contributed by atoms with Crippen molar-refractivity contribution in [2.45, 2.75) is 11.8 Å². The molecule has 3 nitrogen and oxygen atoms in total. The van der Waals surface area contributed by atoms with E-state index < -0.39 is 0 Å². The van der Waals surface area contributed by atoms with Crippen molar-refractivity contribution in [3.05, 3.63) is 29.8 Å². The van der Waals surface area contributed by atoms with Crippen LogP contribution in [0.1, 0.15) is 12.0 Å². The van der Waals surface area contributed by atoms with Crippen molar-refractivity contribution in [2.24, 2.45) is 0 Å². The van der Waals surface area contributed by atoms with Gasteiger partial charge in [0.1, 0.15) is 0 Å². The monoisotopic (exact) mass is 221 g/mol. The Labute approximate surface area is 96.6 Å². The summed E-state index contributed by atoms with van der Waals surface area (Å²) in [4.78, 5) is 2.08. The molecule has 0 unspecified atom stereocenters. The third-order valence-corrected chi connectivity index (χ3v) is 3.34. The maximum absolute atomic E-state index is 9.11. The topological polar surface area (TPSA) is 32.7 Å². The molecule has 1 N–H and O–H groups in total. The van der Waals surface area contributed by atoms with E-state index in [-0.39, 0.29) is 12.0 Å². The summed E-state index contributed by atoms with van der Waals surface area (Å²) in [6.45, 7) is 1.68. The molecule has 0 atom stereocenters. The number of hydrogen-bond donors (Lipinski definition) is 1. The van der Waals surface area contributed by atoms with Crippen LogP contribution in [-0.2, 0) is 10.2 Å². The fraction of sp³-hybridized carbons (Fsp3) is 0.538. The molecule has 0 aliphatic carbocycles. The molecule has 16 heavy (non-hydrogen) atoms. The zero-order valence-electron chi connectivity index (χ0n) is 9.94. The van der Waals surface area contributed by atoms with Crippen LogP contribution in [-0.4, -0.2) is 39.0 Å². The van der Waals surface area contributed by atoms with Gasteiger partial charge in [0.2, 0.25) is 0 Å². The third-order valence-electron chi connectivity index (χ3n) is 3.34. The standard InChI is InChI=1S/C13H19NO2/c1-14(2)12-5-3-11(4-6-12)13(7-8-15)9-16-10-13/h3-6,15H,7-10H2,1-2H3. The van der Waals surface area contributed by atoms with Crippen LogP contribution in [0.3, 0.4) is 0 Å². The van der Waals surface area contributed by atoms with E-state index in [1.54, 1.807) is 0 Å². The molecule has 0 spiro atoms. The largest absolute Gasteiger partial charge is 0.396 e. The summed E-state index contributed by atoms with van der Waals surface area (Å²) in [6, 6.07) is 8.53. The predicted octanol–water partition coefficient (Wildman–Crippen LogP) is 1.40. The summed E-state index contributed by atoms with van der Waals surface area (Å²) in [5.41, 5.74) is 2.53. The maximum atomic E-state index is 9.11. The minimum absolute atomic E-state index is 0.0552. The van der Waals surface area contributed by atoms with Crippen molar-refractivity contribution >= 4 is 5.69 Å². The number of benzene rings is 1. The second-order valence-corrected chi connectivity index (χ2v) is 4.69. The van der Waals surface area contributed by atoms with Gasteiger partial charge in [-0.2, -0.15) is 0 Å². The molecule has 0 radical (unpaired) electrons. The Kier molecular flexibility index (Phi) is 3.17. The summed E-state index contributed by atoms with van der Waals surface area (Å²) < 4.78 is 5.30. The van der Waals surface area contributed by atoms with Crippen LogP contribution in [0.25, 0.3) is 0 Å². The molecule has 1 aliphatic heterocycles. The predicted molar refractivity (Wildman–Crippen MR) is 65.0 cm³/mol. The van der Waals surface area contributed by atoms with Crippen molar-refractivity contribution in [3.63, 3.8) is 0 Å². The van der Waals surface area contributed by atoms with Crippen LogP contribution >= 0.6 is 0 Å². The van der Waals surface area contributed by atoms with Gasteiger partial charge in [-0.15, -0.1) is 0 Å². The average Bonchev–Trinajstić information content (AvgIpc) is 2.23. The van der Waals surface area contributed by atoms with E-state index in [4.69, 9.17) is 9.84 Å². The number of ether oxygens (including phenoxy) is 1. The first kappa shape index (κ1) is 11.4. The highest BCUT2D eigenvalue weighted by Gasteiger charge is 2.39. The smallest absolute Gasteiger partial charge is 0.0586 e. The molecule has 1 aromatic rings. The number of rotatable bonds is 4. The first-order valence-electron chi connectivity index (χ1n) is 5.64. The normalized spacial score (nSPS) is 17.9. The number of aliphatic hydroxyl groups excluding tert-OH is 1. The van der Waals surface area contributed by atoms with E-state index >= 15 is 0 Å². The molecule has 88 valence electrons. The number of anilines is 1. The number of hydrogen-bond acceptors (Lipinski definition) is 3. The van der Waals surface area contributed by atoms with Crippen LogP contribution in [0.4, 0.5) is 5.69 Å². The molecule has 1 fully saturated rings. The first-order chi connectivity index (χ1) is 7.68. The Hall–Kier alpha value is -1.06. The molecule has 1 aromatic carbocycles. The van der Waals surface area contributed by atoms with E-state index in [9.17, 15) is 0 Å². The van der Waals surface area contributed by atoms with Gasteiger partial charge in [-0.05, 0) is 24.1 Å². The highest BCUT2D eigenvalue weighted by Crippen LogP contribution is 2.36. The molecular formula is C13H19NO2. The molecule has 1 aliphatic rings. The maximum Gasteiger partial charge on any atom is 0.0586 e. The Morgan fingerprint density at radius 3 is 2.25 bits per heavy atom. The van der Waals surface area contributed by atoms with E-state index in [0.717, 1.165) is 19.6 Å². The van der Waals surface area contributed by atoms with Crippen LogP contribution in [0.2, 0.25) is 0 Å². The van der Waals surface area contributed by atoms with Crippen LogP contribution in [0.15, 0.2) is 24.3 Å². The van der Waals surface area contributed by atoms with Gasteiger partial charge in [0, 0.05) is 31.8 Å². The van der Waals surface area contributed by atoms with Gasteiger partial charge >= 0.3 is 0 Å². The van der Waals surface area contributed by atoms with Gasteiger partial charge in [-0.1, -0.05) is 12.1 Å². The van der Waals surface area contributed by atoms with E-state index in [1.165, 1.54) is 11.3 Å². The molecule has 0 aromatic heterocycles. The molecular weight excluding hydrogens is 202 g/mol.